The van der Waals surface area contributed by atoms with Crippen LogP contribution in [0.3, 0.4) is 0 Å². The summed E-state index contributed by atoms with van der Waals surface area (Å²) in [4.78, 5) is 25.9. The molecule has 226 valence electrons. The van der Waals surface area contributed by atoms with Crippen LogP contribution in [-0.4, -0.2) is 78.4 Å². The molecule has 0 bridgehead atoms. The van der Waals surface area contributed by atoms with Crippen LogP contribution in [0, 0.1) is 29.6 Å². The third-order valence-corrected chi connectivity index (χ3v) is 11.2. The van der Waals surface area contributed by atoms with Gasteiger partial charge in [0.05, 0.1) is 43.6 Å². The highest BCUT2D eigenvalue weighted by atomic mass is 32.3. The summed E-state index contributed by atoms with van der Waals surface area (Å²) in [6, 6.07) is 4.50. The van der Waals surface area contributed by atoms with Gasteiger partial charge >= 0.3 is 0 Å². The largest absolute Gasteiger partial charge is 0.380 e. The van der Waals surface area contributed by atoms with Crippen molar-refractivity contribution in [1.29, 1.82) is 0 Å². The fourth-order valence-corrected chi connectivity index (χ4v) is 8.02. The smallest absolute Gasteiger partial charge is 0.224 e. The summed E-state index contributed by atoms with van der Waals surface area (Å²) in [5.74, 6) is 4.73. The molecule has 9 heteroatoms. The average molecular weight is 584 g/mol. The second kappa shape index (κ2) is 11.9. The topological polar surface area (TPSA) is 81.5 Å². The molecule has 0 radical (unpaired) electrons. The van der Waals surface area contributed by atoms with Crippen molar-refractivity contribution in [2.75, 3.05) is 62.8 Å². The van der Waals surface area contributed by atoms with Crippen molar-refractivity contribution < 1.29 is 14.3 Å². The van der Waals surface area contributed by atoms with Gasteiger partial charge in [-0.25, -0.2) is 20.0 Å². The van der Waals surface area contributed by atoms with Crippen molar-refractivity contribution in [3.05, 3.63) is 41.1 Å². The lowest BCUT2D eigenvalue weighted by Gasteiger charge is -2.26. The van der Waals surface area contributed by atoms with E-state index in [9.17, 15) is 4.79 Å². The molecule has 6 atom stereocenters. The number of methoxy groups -OCH3 is 1. The summed E-state index contributed by atoms with van der Waals surface area (Å²) < 4.78 is 13.9. The minimum atomic E-state index is -0.600. The molecular formula is C32H49N5O3S. The number of anilines is 1. The molecule has 1 amide bonds. The molecule has 8 nitrogen and oxygen atoms in total. The van der Waals surface area contributed by atoms with Crippen LogP contribution in [0.1, 0.15) is 54.4 Å². The lowest BCUT2D eigenvalue weighted by molar-refractivity contribution is -0.127. The maximum absolute atomic E-state index is 13.8. The number of amides is 1. The predicted molar refractivity (Wildman–Crippen MR) is 166 cm³/mol. The van der Waals surface area contributed by atoms with E-state index in [0.29, 0.717) is 19.1 Å². The molecule has 2 saturated carbocycles. The molecule has 5 unspecified atom stereocenters. The number of aromatic nitrogens is 3. The molecule has 1 N–H and O–H groups in total. The zero-order chi connectivity index (χ0) is 28.7. The molecule has 4 aliphatic rings. The van der Waals surface area contributed by atoms with Gasteiger partial charge < -0.3 is 24.3 Å². The quantitative estimate of drug-likeness (QED) is 0.379. The molecule has 6 rings (SSSR count). The minimum absolute atomic E-state index is 0.0190. The number of hydrogen-bond acceptors (Lipinski definition) is 6. The van der Waals surface area contributed by atoms with Gasteiger partial charge in [-0.05, 0) is 92.6 Å². The van der Waals surface area contributed by atoms with E-state index in [1.54, 1.807) is 7.11 Å². The van der Waals surface area contributed by atoms with Gasteiger partial charge in [0.25, 0.3) is 0 Å². The van der Waals surface area contributed by atoms with Crippen LogP contribution in [0.5, 0.6) is 0 Å². The summed E-state index contributed by atoms with van der Waals surface area (Å²) in [7, 11) is 3.19. The van der Waals surface area contributed by atoms with Crippen LogP contribution in [0.2, 0.25) is 0 Å². The normalized spacial score (nSPS) is 29.0. The second-order valence-electron chi connectivity index (χ2n) is 13.9. The van der Waals surface area contributed by atoms with Crippen molar-refractivity contribution in [2.45, 2.75) is 51.2 Å². The van der Waals surface area contributed by atoms with Crippen LogP contribution in [0.25, 0.3) is 0 Å². The number of ether oxygens (including phenoxy) is 2. The first kappa shape index (κ1) is 29.0. The van der Waals surface area contributed by atoms with Crippen molar-refractivity contribution in [2.24, 2.45) is 36.6 Å². The van der Waals surface area contributed by atoms with E-state index in [1.165, 1.54) is 17.7 Å². The van der Waals surface area contributed by atoms with Crippen LogP contribution >= 0.6 is 10.0 Å². The Morgan fingerprint density at radius 3 is 2.71 bits per heavy atom. The number of hydrogen-bond donors (Lipinski definition) is 1. The van der Waals surface area contributed by atoms with Crippen molar-refractivity contribution in [3.8, 4) is 0 Å². The van der Waals surface area contributed by atoms with Crippen molar-refractivity contribution in [1.82, 2.24) is 19.9 Å². The summed E-state index contributed by atoms with van der Waals surface area (Å²) in [6.45, 7) is 4.24. The highest BCUT2D eigenvalue weighted by Crippen LogP contribution is 2.46. The number of nitrogens with zero attached hydrogens (tertiary/aromatic N) is 4. The highest BCUT2D eigenvalue weighted by molar-refractivity contribution is 8.32. The van der Waals surface area contributed by atoms with Crippen LogP contribution < -0.4 is 10.2 Å². The second-order valence-corrected chi connectivity index (χ2v) is 18.5. The molecule has 3 fully saturated rings. The number of carbonyl (C=O) groups is 1. The summed E-state index contributed by atoms with van der Waals surface area (Å²) in [5, 5.41) is 3.39. The van der Waals surface area contributed by atoms with Gasteiger partial charge in [0.1, 0.15) is 5.82 Å². The molecule has 1 saturated heterocycles. The summed E-state index contributed by atoms with van der Waals surface area (Å²) in [6.07, 6.45) is 15.0. The van der Waals surface area contributed by atoms with Crippen LogP contribution in [0.4, 0.5) is 5.82 Å². The fourth-order valence-electron chi connectivity index (χ4n) is 7.40. The Morgan fingerprint density at radius 2 is 1.95 bits per heavy atom. The Morgan fingerprint density at radius 1 is 1.15 bits per heavy atom. The number of nitrogens with one attached hydrogen (secondary N) is 1. The van der Waals surface area contributed by atoms with Gasteiger partial charge in [-0.2, -0.15) is 0 Å². The van der Waals surface area contributed by atoms with Crippen molar-refractivity contribution >= 4 is 21.8 Å². The van der Waals surface area contributed by atoms with E-state index in [0.717, 1.165) is 86.6 Å². The van der Waals surface area contributed by atoms with E-state index in [1.807, 2.05) is 13.4 Å². The van der Waals surface area contributed by atoms with Crippen molar-refractivity contribution in [3.63, 3.8) is 0 Å². The molecular weight excluding hydrogens is 534 g/mol. The molecule has 3 heterocycles. The van der Waals surface area contributed by atoms with E-state index < -0.39 is 10.0 Å². The maximum atomic E-state index is 13.8. The standard InChI is InChI=1S/C32H49N5O3S/c1-36-20-33-31-27(7-8-29(31)36)35-32(38)26-14-21(13-25(26)18-40-10-11-41(3,4)5)12-22-6-9-30(34-28(22)19-39-2)37-16-23-15-24(23)17-37/h6,9,20-21,23-27H,7-8,10-19H2,1-5H3,(H,35,38)/t21?,23?,24?,25?,26?,27-/m1/s1. The van der Waals surface area contributed by atoms with E-state index >= 15 is 0 Å². The Labute approximate surface area is 247 Å². The predicted octanol–water partition coefficient (Wildman–Crippen LogP) is 4.12. The molecule has 0 aromatic carbocycles. The Hall–Kier alpha value is -2.10. The lowest BCUT2D eigenvalue weighted by Crippen LogP contribution is -2.36. The summed E-state index contributed by atoms with van der Waals surface area (Å²) in [5.41, 5.74) is 4.60. The van der Waals surface area contributed by atoms with Gasteiger partial charge in [-0.15, -0.1) is 0 Å². The molecule has 0 spiro atoms. The lowest BCUT2D eigenvalue weighted by atomic mass is 9.95. The van der Waals surface area contributed by atoms with Crippen LogP contribution in [0.15, 0.2) is 18.5 Å². The molecule has 1 aliphatic heterocycles. The zero-order valence-electron chi connectivity index (χ0n) is 25.6. The number of aryl methyl sites for hydroxylation is 1. The number of pyridine rings is 1. The van der Waals surface area contributed by atoms with Gasteiger partial charge in [0, 0.05) is 44.6 Å². The van der Waals surface area contributed by atoms with Gasteiger partial charge in [0.2, 0.25) is 5.91 Å². The van der Waals surface area contributed by atoms with E-state index in [2.05, 4.69) is 50.7 Å². The minimum Gasteiger partial charge on any atom is -0.380 e. The highest BCUT2D eigenvalue weighted by Gasteiger charge is 2.45. The first-order valence-electron chi connectivity index (χ1n) is 15.5. The monoisotopic (exact) mass is 583 g/mol. The number of carbonyl (C=O) groups excluding carboxylic acids is 1. The van der Waals surface area contributed by atoms with E-state index in [-0.39, 0.29) is 23.8 Å². The number of piperidine rings is 1. The molecule has 2 aromatic heterocycles. The van der Waals surface area contributed by atoms with Gasteiger partial charge in [-0.3, -0.25) is 4.79 Å². The first-order chi connectivity index (χ1) is 19.7. The fraction of sp³-hybridized carbons (Fsp3) is 0.719. The molecule has 2 aromatic rings. The molecule has 3 aliphatic carbocycles. The average Bonchev–Trinajstić information content (AvgIpc) is 3.34. The Balaban J connectivity index is 1.13. The first-order valence-corrected chi connectivity index (χ1v) is 18.5. The third kappa shape index (κ3) is 6.62. The third-order valence-electron chi connectivity index (χ3n) is 9.86. The molecule has 41 heavy (non-hydrogen) atoms. The summed E-state index contributed by atoms with van der Waals surface area (Å²) >= 11 is 0. The number of rotatable bonds is 12. The maximum Gasteiger partial charge on any atom is 0.224 e. The number of fused-ring (bicyclic) bond motifs is 2. The van der Waals surface area contributed by atoms with E-state index in [4.69, 9.17) is 14.5 Å². The van der Waals surface area contributed by atoms with Gasteiger partial charge in [-0.1, -0.05) is 6.07 Å². The number of imidazole rings is 1. The Bertz CT molecular complexity index is 1230. The van der Waals surface area contributed by atoms with Gasteiger partial charge in [0.15, 0.2) is 0 Å². The SMILES string of the molecule is COCc1nc(N2CC3CC3C2)ccc1CC1CC(COCCS(C)(C)C)C(C(=O)N[C@@H]2CCc3c2ncn3C)C1. The Kier molecular flexibility index (Phi) is 8.40. The zero-order valence-corrected chi connectivity index (χ0v) is 26.4. The van der Waals surface area contributed by atoms with Crippen LogP contribution in [-0.2, 0) is 40.8 Å².